The number of nitrogens with one attached hydrogen (secondary N) is 1. The van der Waals surface area contributed by atoms with Crippen molar-refractivity contribution in [1.29, 1.82) is 0 Å². The molecule has 0 radical (unpaired) electrons. The van der Waals surface area contributed by atoms with Crippen molar-refractivity contribution in [3.05, 3.63) is 35.4 Å². The zero-order valence-electron chi connectivity index (χ0n) is 14.2. The Hall–Kier alpha value is -1.35. The maximum absolute atomic E-state index is 12.4. The van der Waals surface area contributed by atoms with Gasteiger partial charge in [0.1, 0.15) is 5.60 Å². The van der Waals surface area contributed by atoms with E-state index in [2.05, 4.69) is 12.2 Å². The molecule has 1 aromatic rings. The van der Waals surface area contributed by atoms with Gasteiger partial charge in [0.25, 0.3) is 0 Å². The molecule has 1 fully saturated rings. The van der Waals surface area contributed by atoms with E-state index >= 15 is 0 Å². The van der Waals surface area contributed by atoms with Gasteiger partial charge < -0.3 is 10.1 Å². The van der Waals surface area contributed by atoms with Crippen LogP contribution in [0, 0.1) is 5.92 Å². The Morgan fingerprint density at radius 3 is 2.45 bits per heavy atom. The van der Waals surface area contributed by atoms with Gasteiger partial charge in [-0.05, 0) is 70.3 Å². The van der Waals surface area contributed by atoms with Crippen LogP contribution in [0.15, 0.2) is 24.3 Å². The number of esters is 1. The second kappa shape index (κ2) is 7.77. The van der Waals surface area contributed by atoms with E-state index in [9.17, 15) is 4.79 Å². The van der Waals surface area contributed by atoms with Crippen molar-refractivity contribution < 1.29 is 9.53 Å². The van der Waals surface area contributed by atoms with E-state index in [-0.39, 0.29) is 5.97 Å². The molecule has 1 saturated heterocycles. The summed E-state index contributed by atoms with van der Waals surface area (Å²) in [6.07, 6.45) is 5.58. The lowest BCUT2D eigenvalue weighted by Gasteiger charge is -2.36. The highest BCUT2D eigenvalue weighted by molar-refractivity contribution is 5.89. The first-order valence-corrected chi connectivity index (χ1v) is 8.56. The van der Waals surface area contributed by atoms with Crippen molar-refractivity contribution in [2.45, 2.75) is 58.5 Å². The molecule has 1 aliphatic heterocycles. The van der Waals surface area contributed by atoms with Gasteiger partial charge in [-0.25, -0.2) is 4.79 Å². The minimum atomic E-state index is -0.403. The zero-order chi connectivity index (χ0) is 16.0. The largest absolute Gasteiger partial charge is 0.456 e. The van der Waals surface area contributed by atoms with Gasteiger partial charge in [0.15, 0.2) is 0 Å². The van der Waals surface area contributed by atoms with Gasteiger partial charge in [0, 0.05) is 5.92 Å². The van der Waals surface area contributed by atoms with E-state index in [1.165, 1.54) is 18.4 Å². The monoisotopic (exact) mass is 303 g/mol. The number of carbonyl (C=O) groups excluding carboxylic acids is 1. The molecule has 1 heterocycles. The van der Waals surface area contributed by atoms with E-state index in [1.807, 2.05) is 38.1 Å². The second-order valence-electron chi connectivity index (χ2n) is 6.82. The maximum atomic E-state index is 12.4. The lowest BCUT2D eigenvalue weighted by Crippen LogP contribution is -2.42. The Balaban J connectivity index is 1.95. The molecule has 1 aliphatic rings. The van der Waals surface area contributed by atoms with E-state index in [1.54, 1.807) is 0 Å². The Morgan fingerprint density at radius 2 is 1.86 bits per heavy atom. The molecule has 1 N–H and O–H groups in total. The molecule has 22 heavy (non-hydrogen) atoms. The normalized spacial score (nSPS) is 16.5. The molecular formula is C19H29NO2. The van der Waals surface area contributed by atoms with Gasteiger partial charge in [0.05, 0.1) is 5.56 Å². The van der Waals surface area contributed by atoms with Crippen LogP contribution in [-0.2, 0) is 11.2 Å². The number of rotatable bonds is 6. The SMILES string of the molecule is CCCCc1ccc(C(=O)OC(C)(C)C2CCNCC2)cc1. The van der Waals surface area contributed by atoms with Crippen molar-refractivity contribution >= 4 is 5.97 Å². The molecule has 0 unspecified atom stereocenters. The van der Waals surface area contributed by atoms with Crippen molar-refractivity contribution in [2.75, 3.05) is 13.1 Å². The van der Waals surface area contributed by atoms with E-state index in [4.69, 9.17) is 4.74 Å². The standard InChI is InChI=1S/C19H29NO2/c1-4-5-6-15-7-9-16(10-8-15)18(21)22-19(2,3)17-11-13-20-14-12-17/h7-10,17,20H,4-6,11-14H2,1-3H3. The summed E-state index contributed by atoms with van der Waals surface area (Å²) in [5.41, 5.74) is 1.54. The summed E-state index contributed by atoms with van der Waals surface area (Å²) < 4.78 is 5.82. The van der Waals surface area contributed by atoms with E-state index in [0.717, 1.165) is 32.4 Å². The molecule has 3 heteroatoms. The van der Waals surface area contributed by atoms with Crippen molar-refractivity contribution in [2.24, 2.45) is 5.92 Å². The van der Waals surface area contributed by atoms with Crippen LogP contribution in [-0.4, -0.2) is 24.7 Å². The van der Waals surface area contributed by atoms with Gasteiger partial charge >= 0.3 is 5.97 Å². The average Bonchev–Trinajstić information content (AvgIpc) is 2.54. The quantitative estimate of drug-likeness (QED) is 0.808. The van der Waals surface area contributed by atoms with Crippen molar-refractivity contribution in [3.63, 3.8) is 0 Å². The van der Waals surface area contributed by atoms with Gasteiger partial charge in [-0.1, -0.05) is 25.5 Å². The highest BCUT2D eigenvalue weighted by atomic mass is 16.6. The molecule has 0 aromatic heterocycles. The number of unbranched alkanes of at least 4 members (excludes halogenated alkanes) is 1. The molecule has 0 atom stereocenters. The predicted molar refractivity (Wildman–Crippen MR) is 90.1 cm³/mol. The Bertz CT molecular complexity index is 473. The van der Waals surface area contributed by atoms with Gasteiger partial charge in [-0.2, -0.15) is 0 Å². The first kappa shape index (κ1) is 17.0. The van der Waals surface area contributed by atoms with Crippen LogP contribution in [0.1, 0.15) is 62.4 Å². The number of aryl methyl sites for hydroxylation is 1. The fourth-order valence-corrected chi connectivity index (χ4v) is 3.09. The fourth-order valence-electron chi connectivity index (χ4n) is 3.09. The lowest BCUT2D eigenvalue weighted by molar-refractivity contribution is -0.0368. The predicted octanol–water partition coefficient (Wildman–Crippen LogP) is 3.96. The zero-order valence-corrected chi connectivity index (χ0v) is 14.2. The Kier molecular flexibility index (Phi) is 6.01. The molecule has 0 spiro atoms. The van der Waals surface area contributed by atoms with Crippen LogP contribution in [0.25, 0.3) is 0 Å². The van der Waals surface area contributed by atoms with Crippen LogP contribution in [0.2, 0.25) is 0 Å². The summed E-state index contributed by atoms with van der Waals surface area (Å²) in [6, 6.07) is 7.88. The molecule has 0 aliphatic carbocycles. The maximum Gasteiger partial charge on any atom is 0.338 e. The number of piperidine rings is 1. The number of benzene rings is 1. The molecule has 122 valence electrons. The molecular weight excluding hydrogens is 274 g/mol. The molecule has 0 bridgehead atoms. The van der Waals surface area contributed by atoms with Crippen LogP contribution >= 0.6 is 0 Å². The first-order chi connectivity index (χ1) is 10.5. The third-order valence-electron chi connectivity index (χ3n) is 4.69. The lowest BCUT2D eigenvalue weighted by atomic mass is 9.83. The van der Waals surface area contributed by atoms with Crippen molar-refractivity contribution in [3.8, 4) is 0 Å². The highest BCUT2D eigenvalue weighted by Gasteiger charge is 2.34. The third-order valence-corrected chi connectivity index (χ3v) is 4.69. The molecule has 0 saturated carbocycles. The molecule has 2 rings (SSSR count). The summed E-state index contributed by atoms with van der Waals surface area (Å²) >= 11 is 0. The molecule has 0 amide bonds. The van der Waals surface area contributed by atoms with Crippen LogP contribution in [0.5, 0.6) is 0 Å². The summed E-state index contributed by atoms with van der Waals surface area (Å²) in [6.45, 7) is 8.29. The third kappa shape index (κ3) is 4.57. The number of hydrogen-bond donors (Lipinski definition) is 1. The number of ether oxygens (including phenoxy) is 1. The number of carbonyl (C=O) groups is 1. The van der Waals surface area contributed by atoms with Crippen molar-refractivity contribution in [1.82, 2.24) is 5.32 Å². The fraction of sp³-hybridized carbons (Fsp3) is 0.632. The Morgan fingerprint density at radius 1 is 1.23 bits per heavy atom. The first-order valence-electron chi connectivity index (χ1n) is 8.56. The summed E-state index contributed by atoms with van der Waals surface area (Å²) in [5, 5.41) is 3.35. The smallest absolute Gasteiger partial charge is 0.338 e. The van der Waals surface area contributed by atoms with E-state index < -0.39 is 5.60 Å². The molecule has 1 aromatic carbocycles. The average molecular weight is 303 g/mol. The Labute approximate surface area is 134 Å². The van der Waals surface area contributed by atoms with Crippen LogP contribution in [0.3, 0.4) is 0 Å². The molecule has 3 nitrogen and oxygen atoms in total. The summed E-state index contributed by atoms with van der Waals surface area (Å²) in [7, 11) is 0. The topological polar surface area (TPSA) is 38.3 Å². The van der Waals surface area contributed by atoms with Crippen LogP contribution < -0.4 is 5.32 Å². The summed E-state index contributed by atoms with van der Waals surface area (Å²) in [4.78, 5) is 12.4. The second-order valence-corrected chi connectivity index (χ2v) is 6.82. The highest BCUT2D eigenvalue weighted by Crippen LogP contribution is 2.29. The summed E-state index contributed by atoms with van der Waals surface area (Å²) in [5.74, 6) is 0.229. The van der Waals surface area contributed by atoms with Crippen LogP contribution in [0.4, 0.5) is 0 Å². The minimum absolute atomic E-state index is 0.203. The van der Waals surface area contributed by atoms with E-state index in [0.29, 0.717) is 11.5 Å². The van der Waals surface area contributed by atoms with Gasteiger partial charge in [-0.15, -0.1) is 0 Å². The van der Waals surface area contributed by atoms with Gasteiger partial charge in [-0.3, -0.25) is 0 Å². The van der Waals surface area contributed by atoms with Gasteiger partial charge in [0.2, 0.25) is 0 Å². The minimum Gasteiger partial charge on any atom is -0.456 e. The number of hydrogen-bond acceptors (Lipinski definition) is 3.